The molecule has 1 atom stereocenters. The van der Waals surface area contributed by atoms with Crippen molar-refractivity contribution in [2.75, 3.05) is 13.7 Å². The van der Waals surface area contributed by atoms with Gasteiger partial charge >= 0.3 is 0 Å². The molecule has 1 aliphatic heterocycles. The first-order valence-corrected chi connectivity index (χ1v) is 10.6. The van der Waals surface area contributed by atoms with Crippen LogP contribution in [0.25, 0.3) is 0 Å². The second-order valence-electron chi connectivity index (χ2n) is 7.00. The smallest absolute Gasteiger partial charge is 0.243 e. The lowest BCUT2D eigenvalue weighted by molar-refractivity contribution is 0.328. The lowest BCUT2D eigenvalue weighted by Crippen LogP contribution is -2.34. The molecule has 0 N–H and O–H groups in total. The summed E-state index contributed by atoms with van der Waals surface area (Å²) in [5, 5.41) is 0. The normalized spacial score (nSPS) is 19.1. The predicted octanol–water partition coefficient (Wildman–Crippen LogP) is 4.62. The van der Waals surface area contributed by atoms with Crippen molar-refractivity contribution < 1.29 is 13.2 Å². The van der Waals surface area contributed by atoms with E-state index in [4.69, 9.17) is 4.74 Å². The van der Waals surface area contributed by atoms with Crippen molar-refractivity contribution >= 4 is 10.0 Å². The molecule has 1 unspecified atom stereocenters. The molecule has 0 bridgehead atoms. The van der Waals surface area contributed by atoms with Crippen LogP contribution in [-0.4, -0.2) is 26.4 Å². The van der Waals surface area contributed by atoms with Crippen molar-refractivity contribution in [1.29, 1.82) is 0 Å². The topological polar surface area (TPSA) is 46.6 Å². The molecule has 1 heterocycles. The first-order chi connectivity index (χ1) is 12.4. The van der Waals surface area contributed by atoms with E-state index >= 15 is 0 Å². The minimum atomic E-state index is -3.54. The SMILES string of the molecule is COc1ccc(C2CCCCCN2S(=O)(=O)c2ccc(C)c(C)c2)cc1. The molecule has 5 heteroatoms. The number of hydrogen-bond donors (Lipinski definition) is 0. The van der Waals surface area contributed by atoms with Crippen LogP contribution in [0.2, 0.25) is 0 Å². The third-order valence-electron chi connectivity index (χ3n) is 5.29. The van der Waals surface area contributed by atoms with Crippen molar-refractivity contribution in [1.82, 2.24) is 4.31 Å². The van der Waals surface area contributed by atoms with E-state index in [9.17, 15) is 8.42 Å². The van der Waals surface area contributed by atoms with Crippen LogP contribution in [0.15, 0.2) is 47.4 Å². The maximum atomic E-state index is 13.4. The van der Waals surface area contributed by atoms with Gasteiger partial charge in [-0.3, -0.25) is 0 Å². The van der Waals surface area contributed by atoms with Crippen LogP contribution in [-0.2, 0) is 10.0 Å². The summed E-state index contributed by atoms with van der Waals surface area (Å²) in [6.45, 7) is 4.52. The Bertz CT molecular complexity index is 859. The molecule has 3 rings (SSSR count). The van der Waals surface area contributed by atoms with Crippen LogP contribution >= 0.6 is 0 Å². The van der Waals surface area contributed by atoms with Gasteiger partial charge in [0.2, 0.25) is 10.0 Å². The Morgan fingerprint density at radius 1 is 0.962 bits per heavy atom. The van der Waals surface area contributed by atoms with Crippen molar-refractivity contribution in [2.45, 2.75) is 50.5 Å². The summed E-state index contributed by atoms with van der Waals surface area (Å²) in [4.78, 5) is 0.390. The molecule has 1 aliphatic rings. The van der Waals surface area contributed by atoms with Gasteiger partial charge in [0, 0.05) is 6.54 Å². The second kappa shape index (κ2) is 7.80. The zero-order valence-electron chi connectivity index (χ0n) is 15.7. The second-order valence-corrected chi connectivity index (χ2v) is 8.89. The fourth-order valence-electron chi connectivity index (χ4n) is 3.54. The highest BCUT2D eigenvalue weighted by atomic mass is 32.2. The van der Waals surface area contributed by atoms with Crippen molar-refractivity contribution in [2.24, 2.45) is 0 Å². The monoisotopic (exact) mass is 373 g/mol. The molecule has 1 saturated heterocycles. The van der Waals surface area contributed by atoms with Gasteiger partial charge in [-0.05, 0) is 67.6 Å². The number of rotatable bonds is 4. The zero-order chi connectivity index (χ0) is 18.7. The van der Waals surface area contributed by atoms with Gasteiger partial charge in [-0.2, -0.15) is 4.31 Å². The van der Waals surface area contributed by atoms with Gasteiger partial charge in [0.25, 0.3) is 0 Å². The zero-order valence-corrected chi connectivity index (χ0v) is 16.6. The Morgan fingerprint density at radius 2 is 1.69 bits per heavy atom. The van der Waals surface area contributed by atoms with Crippen LogP contribution in [0.4, 0.5) is 0 Å². The minimum Gasteiger partial charge on any atom is -0.497 e. The molecule has 0 radical (unpaired) electrons. The van der Waals surface area contributed by atoms with Gasteiger partial charge in [0.1, 0.15) is 5.75 Å². The number of aryl methyl sites for hydroxylation is 2. The summed E-state index contributed by atoms with van der Waals surface area (Å²) in [7, 11) is -1.90. The number of sulfonamides is 1. The molecular weight excluding hydrogens is 346 g/mol. The number of methoxy groups -OCH3 is 1. The van der Waals surface area contributed by atoms with E-state index in [0.717, 1.165) is 48.1 Å². The quantitative estimate of drug-likeness (QED) is 0.786. The Morgan fingerprint density at radius 3 is 2.35 bits per heavy atom. The molecule has 1 fully saturated rings. The molecule has 0 aromatic heterocycles. The lowest BCUT2D eigenvalue weighted by Gasteiger charge is -2.30. The van der Waals surface area contributed by atoms with Gasteiger partial charge in [0.15, 0.2) is 0 Å². The van der Waals surface area contributed by atoms with Crippen LogP contribution in [0.1, 0.15) is 48.4 Å². The first-order valence-electron chi connectivity index (χ1n) is 9.16. The molecule has 0 amide bonds. The van der Waals surface area contributed by atoms with Crippen LogP contribution in [0.3, 0.4) is 0 Å². The fourth-order valence-corrected chi connectivity index (χ4v) is 5.31. The Labute approximate surface area is 156 Å². The highest BCUT2D eigenvalue weighted by Crippen LogP contribution is 2.35. The molecule has 2 aromatic rings. The van der Waals surface area contributed by atoms with Crippen LogP contribution in [0.5, 0.6) is 5.75 Å². The summed E-state index contributed by atoms with van der Waals surface area (Å²) in [6, 6.07) is 13.1. The number of ether oxygens (including phenoxy) is 1. The number of hydrogen-bond acceptors (Lipinski definition) is 3. The van der Waals surface area contributed by atoms with E-state index in [2.05, 4.69) is 0 Å². The van der Waals surface area contributed by atoms with Gasteiger partial charge in [-0.1, -0.05) is 31.0 Å². The molecule has 140 valence electrons. The molecule has 2 aromatic carbocycles. The highest BCUT2D eigenvalue weighted by molar-refractivity contribution is 7.89. The molecule has 26 heavy (non-hydrogen) atoms. The lowest BCUT2D eigenvalue weighted by atomic mass is 10.0. The summed E-state index contributed by atoms with van der Waals surface area (Å²) >= 11 is 0. The Balaban J connectivity index is 2.00. The third kappa shape index (κ3) is 3.79. The largest absolute Gasteiger partial charge is 0.497 e. The van der Waals surface area contributed by atoms with Crippen LogP contribution < -0.4 is 4.74 Å². The van der Waals surface area contributed by atoms with Gasteiger partial charge < -0.3 is 4.74 Å². The number of benzene rings is 2. The van der Waals surface area contributed by atoms with E-state index in [0.29, 0.717) is 11.4 Å². The van der Waals surface area contributed by atoms with E-state index < -0.39 is 10.0 Å². The van der Waals surface area contributed by atoms with E-state index in [1.54, 1.807) is 23.5 Å². The summed E-state index contributed by atoms with van der Waals surface area (Å²) in [5.74, 6) is 0.783. The maximum absolute atomic E-state index is 13.4. The maximum Gasteiger partial charge on any atom is 0.243 e. The van der Waals surface area contributed by atoms with Gasteiger partial charge in [0.05, 0.1) is 18.0 Å². The third-order valence-corrected chi connectivity index (χ3v) is 7.19. The molecule has 0 saturated carbocycles. The molecular formula is C21H27NO3S. The standard InChI is InChI=1S/C21H27NO3S/c1-16-8-13-20(15-17(16)2)26(23,24)22-14-6-4-5-7-21(22)18-9-11-19(25-3)12-10-18/h8-13,15,21H,4-7,14H2,1-3H3. The fraction of sp³-hybridized carbons (Fsp3) is 0.429. The minimum absolute atomic E-state index is 0.130. The molecule has 4 nitrogen and oxygen atoms in total. The van der Waals surface area contributed by atoms with Crippen molar-refractivity contribution in [3.8, 4) is 5.75 Å². The van der Waals surface area contributed by atoms with E-state index in [1.807, 2.05) is 44.2 Å². The summed E-state index contributed by atoms with van der Waals surface area (Å²) in [5.41, 5.74) is 3.13. The summed E-state index contributed by atoms with van der Waals surface area (Å²) in [6.07, 6.45) is 3.84. The highest BCUT2D eigenvalue weighted by Gasteiger charge is 2.33. The first kappa shape index (κ1) is 18.9. The summed E-state index contributed by atoms with van der Waals surface area (Å²) < 4.78 is 33.8. The average Bonchev–Trinajstić information content (AvgIpc) is 2.90. The van der Waals surface area contributed by atoms with Crippen LogP contribution in [0, 0.1) is 13.8 Å². The van der Waals surface area contributed by atoms with Gasteiger partial charge in [-0.15, -0.1) is 0 Å². The molecule has 0 aliphatic carbocycles. The number of nitrogens with zero attached hydrogens (tertiary/aromatic N) is 1. The molecule has 0 spiro atoms. The Kier molecular flexibility index (Phi) is 5.68. The average molecular weight is 374 g/mol. The van der Waals surface area contributed by atoms with Crippen molar-refractivity contribution in [3.05, 3.63) is 59.2 Å². The van der Waals surface area contributed by atoms with E-state index in [-0.39, 0.29) is 6.04 Å². The van der Waals surface area contributed by atoms with Gasteiger partial charge in [-0.25, -0.2) is 8.42 Å². The van der Waals surface area contributed by atoms with Crippen molar-refractivity contribution in [3.63, 3.8) is 0 Å². The van der Waals surface area contributed by atoms with E-state index in [1.165, 1.54) is 0 Å². The Hall–Kier alpha value is -1.85. The predicted molar refractivity (Wildman–Crippen MR) is 104 cm³/mol.